The average molecular weight is 302 g/mol. The maximum atomic E-state index is 5.29. The number of hydrogen-bond donors (Lipinski definition) is 1. The van der Waals surface area contributed by atoms with Crippen LogP contribution < -0.4 is 19.5 Å². The maximum Gasteiger partial charge on any atom is 0.123 e. The molecule has 0 radical (unpaired) electrons. The molecule has 0 unspecified atom stereocenters. The van der Waals surface area contributed by atoms with Gasteiger partial charge in [-0.25, -0.2) is 0 Å². The van der Waals surface area contributed by atoms with Crippen LogP contribution in [0.4, 0.5) is 0 Å². The topological polar surface area (TPSA) is 44.3 Å². The molecule has 0 saturated carbocycles. The number of rotatable bonds is 8. The van der Waals surface area contributed by atoms with Crippen LogP contribution in [0.1, 0.15) is 11.1 Å². The zero-order valence-corrected chi connectivity index (χ0v) is 13.5. The van der Waals surface area contributed by atoms with Gasteiger partial charge in [-0.15, -0.1) is 0 Å². The Morgan fingerprint density at radius 2 is 1.32 bits per heavy atom. The minimum atomic E-state index is 0.831. The number of quaternary nitrogens is 1. The average Bonchev–Trinajstić information content (AvgIpc) is 2.58. The van der Waals surface area contributed by atoms with E-state index in [1.807, 2.05) is 30.3 Å². The number of ether oxygens (including phenoxy) is 3. The summed E-state index contributed by atoms with van der Waals surface area (Å²) < 4.78 is 15.7. The molecule has 2 aromatic carbocycles. The smallest absolute Gasteiger partial charge is 0.123 e. The van der Waals surface area contributed by atoms with E-state index < -0.39 is 0 Å². The molecule has 0 amide bonds. The molecular formula is C18H24NO3+. The molecule has 2 N–H and O–H groups in total. The van der Waals surface area contributed by atoms with Gasteiger partial charge in [0.15, 0.2) is 0 Å². The van der Waals surface area contributed by atoms with Crippen LogP contribution in [0.15, 0.2) is 42.5 Å². The summed E-state index contributed by atoms with van der Waals surface area (Å²) in [4.78, 5) is 0. The summed E-state index contributed by atoms with van der Waals surface area (Å²) in [6.07, 6.45) is 1.03. The molecule has 0 aliphatic rings. The number of benzene rings is 2. The van der Waals surface area contributed by atoms with Gasteiger partial charge in [0, 0.05) is 18.1 Å². The Bertz CT molecular complexity index is 559. The second kappa shape index (κ2) is 8.29. The van der Waals surface area contributed by atoms with E-state index in [-0.39, 0.29) is 0 Å². The lowest BCUT2D eigenvalue weighted by molar-refractivity contribution is -0.670. The largest absolute Gasteiger partial charge is 0.497 e. The molecule has 0 aromatic heterocycles. The summed E-state index contributed by atoms with van der Waals surface area (Å²) in [5.41, 5.74) is 2.52. The van der Waals surface area contributed by atoms with Gasteiger partial charge >= 0.3 is 0 Å². The zero-order chi connectivity index (χ0) is 15.8. The molecular weight excluding hydrogens is 278 g/mol. The Morgan fingerprint density at radius 3 is 1.86 bits per heavy atom. The Balaban J connectivity index is 1.82. The van der Waals surface area contributed by atoms with Crippen molar-refractivity contribution in [1.29, 1.82) is 0 Å². The first-order valence-corrected chi connectivity index (χ1v) is 7.41. The molecule has 4 heteroatoms. The molecule has 0 bridgehead atoms. The Hall–Kier alpha value is -2.20. The van der Waals surface area contributed by atoms with E-state index in [1.165, 1.54) is 11.1 Å². The van der Waals surface area contributed by atoms with Crippen LogP contribution in [-0.2, 0) is 13.0 Å². The fourth-order valence-electron chi connectivity index (χ4n) is 2.31. The highest BCUT2D eigenvalue weighted by atomic mass is 16.5. The van der Waals surface area contributed by atoms with Gasteiger partial charge in [0.2, 0.25) is 0 Å². The van der Waals surface area contributed by atoms with E-state index in [0.29, 0.717) is 0 Å². The lowest BCUT2D eigenvalue weighted by Gasteiger charge is -2.08. The van der Waals surface area contributed by atoms with Gasteiger partial charge in [0.1, 0.15) is 23.8 Å². The van der Waals surface area contributed by atoms with E-state index in [9.17, 15) is 0 Å². The molecule has 0 heterocycles. The Morgan fingerprint density at radius 1 is 0.727 bits per heavy atom. The van der Waals surface area contributed by atoms with Crippen molar-refractivity contribution in [2.45, 2.75) is 13.0 Å². The van der Waals surface area contributed by atoms with Crippen molar-refractivity contribution >= 4 is 0 Å². The van der Waals surface area contributed by atoms with Crippen LogP contribution in [0, 0.1) is 0 Å². The first-order valence-electron chi connectivity index (χ1n) is 7.41. The molecule has 0 aliphatic carbocycles. The van der Waals surface area contributed by atoms with Gasteiger partial charge in [0.05, 0.1) is 27.9 Å². The molecule has 4 nitrogen and oxygen atoms in total. The highest BCUT2D eigenvalue weighted by molar-refractivity contribution is 5.38. The summed E-state index contributed by atoms with van der Waals surface area (Å²) in [5.74, 6) is 2.56. The van der Waals surface area contributed by atoms with Crippen molar-refractivity contribution in [3.05, 3.63) is 53.6 Å². The minimum absolute atomic E-state index is 0.831. The number of nitrogens with two attached hydrogens (primary N) is 1. The van der Waals surface area contributed by atoms with Crippen molar-refractivity contribution < 1.29 is 19.5 Å². The summed E-state index contributed by atoms with van der Waals surface area (Å²) in [7, 11) is 5.03. The predicted octanol–water partition coefficient (Wildman–Crippen LogP) is 2.02. The van der Waals surface area contributed by atoms with Gasteiger partial charge in [-0.2, -0.15) is 0 Å². The summed E-state index contributed by atoms with van der Waals surface area (Å²) >= 11 is 0. The molecule has 22 heavy (non-hydrogen) atoms. The molecule has 2 aromatic rings. The number of methoxy groups -OCH3 is 3. The quantitative estimate of drug-likeness (QED) is 0.759. The molecule has 0 fully saturated rings. The summed E-state index contributed by atoms with van der Waals surface area (Å²) in [5, 5.41) is 2.29. The monoisotopic (exact) mass is 302 g/mol. The summed E-state index contributed by atoms with van der Waals surface area (Å²) in [6.45, 7) is 1.94. The van der Waals surface area contributed by atoms with Crippen LogP contribution >= 0.6 is 0 Å². The molecule has 0 spiro atoms. The standard InChI is InChI=1S/C18H23NO3/c1-20-16-6-4-14(5-7-16)8-9-19-13-15-10-17(21-2)12-18(11-15)22-3/h4-7,10-12,19H,8-9,13H2,1-3H3/p+1. The lowest BCUT2D eigenvalue weighted by Crippen LogP contribution is -2.83. The third kappa shape index (κ3) is 4.67. The first-order chi connectivity index (χ1) is 10.7. The fourth-order valence-corrected chi connectivity index (χ4v) is 2.31. The predicted molar refractivity (Wildman–Crippen MR) is 86.7 cm³/mol. The van der Waals surface area contributed by atoms with Crippen molar-refractivity contribution in [3.63, 3.8) is 0 Å². The minimum Gasteiger partial charge on any atom is -0.497 e. The van der Waals surface area contributed by atoms with Crippen molar-refractivity contribution in [1.82, 2.24) is 0 Å². The van der Waals surface area contributed by atoms with E-state index in [0.717, 1.165) is 36.8 Å². The SMILES string of the molecule is COc1ccc(CC[NH2+]Cc2cc(OC)cc(OC)c2)cc1. The van der Waals surface area contributed by atoms with E-state index in [4.69, 9.17) is 14.2 Å². The maximum absolute atomic E-state index is 5.29. The van der Waals surface area contributed by atoms with Gasteiger partial charge < -0.3 is 19.5 Å². The van der Waals surface area contributed by atoms with E-state index in [1.54, 1.807) is 21.3 Å². The van der Waals surface area contributed by atoms with Crippen LogP contribution in [0.3, 0.4) is 0 Å². The second-order valence-corrected chi connectivity index (χ2v) is 5.10. The molecule has 0 aliphatic heterocycles. The lowest BCUT2D eigenvalue weighted by atomic mass is 10.1. The van der Waals surface area contributed by atoms with Gasteiger partial charge in [-0.3, -0.25) is 0 Å². The highest BCUT2D eigenvalue weighted by Gasteiger charge is 2.04. The van der Waals surface area contributed by atoms with Crippen molar-refractivity contribution in [3.8, 4) is 17.2 Å². The van der Waals surface area contributed by atoms with Crippen molar-refractivity contribution in [2.75, 3.05) is 27.9 Å². The number of hydrogen-bond acceptors (Lipinski definition) is 3. The molecule has 2 rings (SSSR count). The van der Waals surface area contributed by atoms with Gasteiger partial charge in [-0.05, 0) is 29.8 Å². The van der Waals surface area contributed by atoms with E-state index in [2.05, 4.69) is 17.4 Å². The summed E-state index contributed by atoms with van der Waals surface area (Å²) in [6, 6.07) is 14.2. The molecule has 118 valence electrons. The van der Waals surface area contributed by atoms with Gasteiger partial charge in [0.25, 0.3) is 0 Å². The highest BCUT2D eigenvalue weighted by Crippen LogP contribution is 2.21. The molecule has 0 saturated heterocycles. The third-order valence-corrected chi connectivity index (χ3v) is 3.59. The Kier molecular flexibility index (Phi) is 6.10. The fraction of sp³-hybridized carbons (Fsp3) is 0.333. The normalized spacial score (nSPS) is 10.3. The van der Waals surface area contributed by atoms with Crippen LogP contribution in [0.25, 0.3) is 0 Å². The Labute approximate surface area is 132 Å². The van der Waals surface area contributed by atoms with E-state index >= 15 is 0 Å². The van der Waals surface area contributed by atoms with Crippen molar-refractivity contribution in [2.24, 2.45) is 0 Å². The second-order valence-electron chi connectivity index (χ2n) is 5.10. The molecule has 0 atom stereocenters. The van der Waals surface area contributed by atoms with Crippen LogP contribution in [0.5, 0.6) is 17.2 Å². The first kappa shape index (κ1) is 16.2. The third-order valence-electron chi connectivity index (χ3n) is 3.59. The van der Waals surface area contributed by atoms with Crippen LogP contribution in [0.2, 0.25) is 0 Å². The zero-order valence-electron chi connectivity index (χ0n) is 13.5. The van der Waals surface area contributed by atoms with Crippen LogP contribution in [-0.4, -0.2) is 27.9 Å². The van der Waals surface area contributed by atoms with Gasteiger partial charge in [-0.1, -0.05) is 12.1 Å².